The van der Waals surface area contributed by atoms with Crippen molar-refractivity contribution in [1.29, 1.82) is 0 Å². The fraction of sp³-hybridized carbons (Fsp3) is 0.231. The van der Waals surface area contributed by atoms with E-state index in [1.807, 2.05) is 13.8 Å². The molecule has 2 aromatic rings. The van der Waals surface area contributed by atoms with Gasteiger partial charge in [0.1, 0.15) is 10.7 Å². The normalized spacial score (nSPS) is 10.7. The highest BCUT2D eigenvalue weighted by Gasteiger charge is 2.20. The zero-order valence-corrected chi connectivity index (χ0v) is 12.1. The predicted molar refractivity (Wildman–Crippen MR) is 75.3 cm³/mol. The smallest absolute Gasteiger partial charge is 0.335 e. The number of nitrogens with zero attached hydrogens (tertiary/aromatic N) is 2. The summed E-state index contributed by atoms with van der Waals surface area (Å²) in [7, 11) is 0. The molecule has 0 fully saturated rings. The number of benzene rings is 1. The number of nitrogens with one attached hydrogen (secondary N) is 1. The number of rotatable bonds is 4. The van der Waals surface area contributed by atoms with E-state index in [9.17, 15) is 14.0 Å². The fourth-order valence-electron chi connectivity index (χ4n) is 1.66. The van der Waals surface area contributed by atoms with E-state index in [1.54, 1.807) is 0 Å². The first-order valence-electron chi connectivity index (χ1n) is 6.06. The van der Waals surface area contributed by atoms with E-state index in [2.05, 4.69) is 14.9 Å². The number of halogens is 1. The van der Waals surface area contributed by atoms with Gasteiger partial charge in [-0.25, -0.2) is 9.18 Å². The Hall–Kier alpha value is -2.35. The maximum atomic E-state index is 13.8. The van der Waals surface area contributed by atoms with Crippen molar-refractivity contribution in [2.75, 3.05) is 5.32 Å². The summed E-state index contributed by atoms with van der Waals surface area (Å²) in [6, 6.07) is 3.28. The molecule has 0 aliphatic heterocycles. The van der Waals surface area contributed by atoms with Crippen molar-refractivity contribution in [3.05, 3.63) is 40.2 Å². The van der Waals surface area contributed by atoms with Crippen molar-refractivity contribution in [3.63, 3.8) is 0 Å². The molecule has 8 heteroatoms. The van der Waals surface area contributed by atoms with E-state index in [0.29, 0.717) is 10.6 Å². The molecule has 0 radical (unpaired) electrons. The maximum absolute atomic E-state index is 13.8. The molecular weight excluding hydrogens is 297 g/mol. The lowest BCUT2D eigenvalue weighted by molar-refractivity contribution is 0.0696. The fourth-order valence-corrected chi connectivity index (χ4v) is 2.38. The van der Waals surface area contributed by atoms with Crippen molar-refractivity contribution < 1.29 is 19.1 Å². The molecule has 6 nitrogen and oxygen atoms in total. The van der Waals surface area contributed by atoms with Crippen molar-refractivity contribution in [2.45, 2.75) is 19.8 Å². The number of carbonyl (C=O) groups is 2. The number of hydrogen-bond donors (Lipinski definition) is 2. The minimum Gasteiger partial charge on any atom is -0.478 e. The first kappa shape index (κ1) is 15.0. The molecule has 0 atom stereocenters. The average Bonchev–Trinajstić information content (AvgIpc) is 2.90. The largest absolute Gasteiger partial charge is 0.478 e. The first-order chi connectivity index (χ1) is 9.90. The number of anilines is 1. The van der Waals surface area contributed by atoms with Gasteiger partial charge < -0.3 is 10.4 Å². The van der Waals surface area contributed by atoms with Gasteiger partial charge in [-0.15, -0.1) is 5.10 Å². The zero-order chi connectivity index (χ0) is 15.6. The summed E-state index contributed by atoms with van der Waals surface area (Å²) in [4.78, 5) is 23.1. The Balaban J connectivity index is 2.24. The van der Waals surface area contributed by atoms with Gasteiger partial charge in [0.15, 0.2) is 0 Å². The molecule has 0 unspecified atom stereocenters. The minimum atomic E-state index is -1.24. The average molecular weight is 309 g/mol. The van der Waals surface area contributed by atoms with E-state index in [-0.39, 0.29) is 17.2 Å². The van der Waals surface area contributed by atoms with Crippen LogP contribution >= 0.6 is 11.5 Å². The molecule has 110 valence electrons. The number of aromatic carboxylic acids is 1. The third-order valence-corrected chi connectivity index (χ3v) is 3.47. The molecule has 0 bridgehead atoms. The summed E-state index contributed by atoms with van der Waals surface area (Å²) in [5.74, 6) is -2.55. The monoisotopic (exact) mass is 309 g/mol. The molecule has 1 amide bonds. The number of amides is 1. The van der Waals surface area contributed by atoms with Gasteiger partial charge in [-0.05, 0) is 35.6 Å². The second-order valence-corrected chi connectivity index (χ2v) is 5.35. The molecule has 1 heterocycles. The van der Waals surface area contributed by atoms with Crippen molar-refractivity contribution in [3.8, 4) is 0 Å². The van der Waals surface area contributed by atoms with Crippen molar-refractivity contribution >= 4 is 29.1 Å². The highest BCUT2D eigenvalue weighted by molar-refractivity contribution is 7.08. The van der Waals surface area contributed by atoms with Gasteiger partial charge in [0.05, 0.1) is 16.9 Å². The van der Waals surface area contributed by atoms with Crippen LogP contribution in [0.1, 0.15) is 45.5 Å². The number of carboxylic acid groups (broad SMARTS) is 1. The second kappa shape index (κ2) is 5.96. The molecule has 2 rings (SSSR count). The molecule has 2 N–H and O–H groups in total. The molecule has 0 aliphatic carbocycles. The summed E-state index contributed by atoms with van der Waals surface area (Å²) < 4.78 is 17.5. The lowest BCUT2D eigenvalue weighted by atomic mass is 10.1. The van der Waals surface area contributed by atoms with Crippen LogP contribution in [0, 0.1) is 5.82 Å². The van der Waals surface area contributed by atoms with Gasteiger partial charge in [0.2, 0.25) is 0 Å². The number of carbonyl (C=O) groups excluding carboxylic acids is 1. The van der Waals surface area contributed by atoms with Gasteiger partial charge in [-0.1, -0.05) is 18.3 Å². The lowest BCUT2D eigenvalue weighted by Gasteiger charge is -2.07. The Morgan fingerprint density at radius 2 is 2.10 bits per heavy atom. The van der Waals surface area contributed by atoms with Gasteiger partial charge >= 0.3 is 5.97 Å². The van der Waals surface area contributed by atoms with E-state index >= 15 is 0 Å². The Morgan fingerprint density at radius 3 is 2.67 bits per heavy atom. The topological polar surface area (TPSA) is 92.2 Å². The number of hydrogen-bond acceptors (Lipinski definition) is 5. The van der Waals surface area contributed by atoms with Crippen molar-refractivity contribution in [1.82, 2.24) is 9.59 Å². The van der Waals surface area contributed by atoms with Crippen LogP contribution in [0.25, 0.3) is 0 Å². The van der Waals surface area contributed by atoms with Gasteiger partial charge in [-0.3, -0.25) is 4.79 Å². The van der Waals surface area contributed by atoms with Gasteiger partial charge in [-0.2, -0.15) is 0 Å². The summed E-state index contributed by atoms with van der Waals surface area (Å²) >= 11 is 0.929. The second-order valence-electron chi connectivity index (χ2n) is 4.60. The third-order valence-electron chi connectivity index (χ3n) is 2.73. The molecule has 1 aromatic heterocycles. The van der Waals surface area contributed by atoms with Crippen molar-refractivity contribution in [2.24, 2.45) is 0 Å². The Morgan fingerprint density at radius 1 is 1.38 bits per heavy atom. The summed E-state index contributed by atoms with van der Waals surface area (Å²) in [6.45, 7) is 3.74. The van der Waals surface area contributed by atoms with Crippen LogP contribution in [0.2, 0.25) is 0 Å². The van der Waals surface area contributed by atoms with Crippen LogP contribution in [-0.2, 0) is 0 Å². The van der Waals surface area contributed by atoms with E-state index < -0.39 is 17.7 Å². The number of aromatic nitrogens is 2. The summed E-state index contributed by atoms with van der Waals surface area (Å²) in [6.07, 6.45) is 0. The number of carboxylic acids is 1. The van der Waals surface area contributed by atoms with Crippen LogP contribution < -0.4 is 5.32 Å². The summed E-state index contributed by atoms with van der Waals surface area (Å²) in [5, 5.41) is 15.0. The van der Waals surface area contributed by atoms with Crippen LogP contribution in [0.15, 0.2) is 18.2 Å². The minimum absolute atomic E-state index is 0.0173. The molecule has 0 saturated carbocycles. The molecule has 0 saturated heterocycles. The molecular formula is C13H12FN3O3S. The van der Waals surface area contributed by atoms with Gasteiger partial charge in [0, 0.05) is 0 Å². The molecule has 0 aliphatic rings. The highest BCUT2D eigenvalue weighted by atomic mass is 32.1. The molecule has 1 aromatic carbocycles. The van der Waals surface area contributed by atoms with Crippen LogP contribution in [0.5, 0.6) is 0 Å². The molecule has 0 spiro atoms. The predicted octanol–water partition coefficient (Wildman–Crippen LogP) is 2.75. The lowest BCUT2D eigenvalue weighted by Crippen LogP contribution is -2.14. The zero-order valence-electron chi connectivity index (χ0n) is 11.3. The summed E-state index contributed by atoms with van der Waals surface area (Å²) in [5.41, 5.74) is 0.265. The third kappa shape index (κ3) is 3.22. The Kier molecular flexibility index (Phi) is 4.27. The van der Waals surface area contributed by atoms with Gasteiger partial charge in [0.25, 0.3) is 5.91 Å². The van der Waals surface area contributed by atoms with E-state index in [0.717, 1.165) is 17.6 Å². The molecule has 21 heavy (non-hydrogen) atoms. The van der Waals surface area contributed by atoms with Crippen LogP contribution in [-0.4, -0.2) is 26.6 Å². The maximum Gasteiger partial charge on any atom is 0.335 e. The Bertz CT molecular complexity index is 700. The van der Waals surface area contributed by atoms with Crippen LogP contribution in [0.4, 0.5) is 10.1 Å². The quantitative estimate of drug-likeness (QED) is 0.906. The standard InChI is InChI=1S/C13H12FN3O3S/c1-6(2)10-11(21-17-16-10)12(18)15-9-4-3-7(13(19)20)5-8(9)14/h3-6H,1-2H3,(H,15,18)(H,19,20). The Labute approximate surface area is 123 Å². The van der Waals surface area contributed by atoms with E-state index in [4.69, 9.17) is 5.11 Å². The van der Waals surface area contributed by atoms with Crippen LogP contribution in [0.3, 0.4) is 0 Å². The SMILES string of the molecule is CC(C)c1nnsc1C(=O)Nc1ccc(C(=O)O)cc1F. The van der Waals surface area contributed by atoms with E-state index in [1.165, 1.54) is 12.1 Å². The highest BCUT2D eigenvalue weighted by Crippen LogP contribution is 2.22. The first-order valence-corrected chi connectivity index (χ1v) is 6.84.